The predicted molar refractivity (Wildman–Crippen MR) is 71.5 cm³/mol. The first-order valence-electron chi connectivity index (χ1n) is 5.49. The molecule has 0 aliphatic heterocycles. The standard InChI is InChI=1S/C13H15ClN2O/c1-9-2-4-11(17-9)6-7-16-13-8-10(14)3-5-12(13)15/h2-5,8,16H,6-7,15H2,1H3. The molecule has 0 fully saturated rings. The smallest absolute Gasteiger partial charge is 0.105 e. The first kappa shape index (κ1) is 11.9. The van der Waals surface area contributed by atoms with Crippen LogP contribution < -0.4 is 11.1 Å². The molecule has 0 radical (unpaired) electrons. The highest BCUT2D eigenvalue weighted by atomic mass is 35.5. The van der Waals surface area contributed by atoms with Crippen molar-refractivity contribution in [3.63, 3.8) is 0 Å². The molecule has 2 aromatic rings. The lowest BCUT2D eigenvalue weighted by Gasteiger charge is -2.08. The fraction of sp³-hybridized carbons (Fsp3) is 0.231. The minimum Gasteiger partial charge on any atom is -0.466 e. The molecule has 2 rings (SSSR count). The summed E-state index contributed by atoms with van der Waals surface area (Å²) in [6.45, 7) is 2.70. The summed E-state index contributed by atoms with van der Waals surface area (Å²) in [5, 5.41) is 3.92. The first-order chi connectivity index (χ1) is 8.15. The Morgan fingerprint density at radius 1 is 1.29 bits per heavy atom. The van der Waals surface area contributed by atoms with E-state index in [2.05, 4.69) is 5.32 Å². The minimum absolute atomic E-state index is 0.676. The summed E-state index contributed by atoms with van der Waals surface area (Å²) < 4.78 is 5.48. The highest BCUT2D eigenvalue weighted by Gasteiger charge is 2.01. The minimum atomic E-state index is 0.676. The summed E-state index contributed by atoms with van der Waals surface area (Å²) >= 11 is 5.90. The Balaban J connectivity index is 1.91. The third kappa shape index (κ3) is 3.17. The van der Waals surface area contributed by atoms with Crippen molar-refractivity contribution in [2.75, 3.05) is 17.6 Å². The summed E-state index contributed by atoms with van der Waals surface area (Å²) in [4.78, 5) is 0. The second kappa shape index (κ2) is 5.15. The van der Waals surface area contributed by atoms with Crippen LogP contribution >= 0.6 is 11.6 Å². The van der Waals surface area contributed by atoms with Crippen LogP contribution in [0.4, 0.5) is 11.4 Å². The average molecular weight is 251 g/mol. The zero-order valence-corrected chi connectivity index (χ0v) is 10.4. The van der Waals surface area contributed by atoms with Crippen molar-refractivity contribution in [2.24, 2.45) is 0 Å². The number of hydrogen-bond acceptors (Lipinski definition) is 3. The molecule has 90 valence electrons. The van der Waals surface area contributed by atoms with Gasteiger partial charge < -0.3 is 15.5 Å². The Morgan fingerprint density at radius 3 is 2.82 bits per heavy atom. The van der Waals surface area contributed by atoms with Crippen molar-refractivity contribution in [3.8, 4) is 0 Å². The molecule has 3 N–H and O–H groups in total. The molecule has 1 aromatic carbocycles. The molecule has 3 nitrogen and oxygen atoms in total. The topological polar surface area (TPSA) is 51.2 Å². The lowest BCUT2D eigenvalue weighted by atomic mass is 10.2. The fourth-order valence-electron chi connectivity index (χ4n) is 1.62. The van der Waals surface area contributed by atoms with Crippen molar-refractivity contribution >= 4 is 23.0 Å². The van der Waals surface area contributed by atoms with Crippen LogP contribution in [0.15, 0.2) is 34.7 Å². The van der Waals surface area contributed by atoms with Gasteiger partial charge in [0.15, 0.2) is 0 Å². The molecule has 0 spiro atoms. The summed E-state index contributed by atoms with van der Waals surface area (Å²) in [5.74, 6) is 1.90. The highest BCUT2D eigenvalue weighted by molar-refractivity contribution is 6.31. The molecule has 0 bridgehead atoms. The third-order valence-electron chi connectivity index (χ3n) is 2.50. The van der Waals surface area contributed by atoms with Gasteiger partial charge in [-0.15, -0.1) is 0 Å². The van der Waals surface area contributed by atoms with Gasteiger partial charge in [-0.3, -0.25) is 0 Å². The molecule has 1 aromatic heterocycles. The van der Waals surface area contributed by atoms with Gasteiger partial charge in [0.05, 0.1) is 11.4 Å². The van der Waals surface area contributed by atoms with E-state index in [1.54, 1.807) is 12.1 Å². The van der Waals surface area contributed by atoms with Crippen LogP contribution in [0.25, 0.3) is 0 Å². The van der Waals surface area contributed by atoms with Gasteiger partial charge in [-0.05, 0) is 37.3 Å². The zero-order chi connectivity index (χ0) is 12.3. The summed E-state index contributed by atoms with van der Waals surface area (Å²) in [6, 6.07) is 9.34. The monoisotopic (exact) mass is 250 g/mol. The normalized spacial score (nSPS) is 10.5. The third-order valence-corrected chi connectivity index (χ3v) is 2.73. The van der Waals surface area contributed by atoms with Crippen LogP contribution in [0.2, 0.25) is 5.02 Å². The van der Waals surface area contributed by atoms with E-state index in [4.69, 9.17) is 21.8 Å². The number of benzene rings is 1. The Hall–Kier alpha value is -1.61. The van der Waals surface area contributed by atoms with Crippen LogP contribution in [0.1, 0.15) is 11.5 Å². The average Bonchev–Trinajstić information content (AvgIpc) is 2.69. The van der Waals surface area contributed by atoms with Crippen LogP contribution in [-0.4, -0.2) is 6.54 Å². The SMILES string of the molecule is Cc1ccc(CCNc2cc(Cl)ccc2N)o1. The van der Waals surface area contributed by atoms with Gasteiger partial charge in [-0.1, -0.05) is 11.6 Å². The number of hydrogen-bond donors (Lipinski definition) is 2. The lowest BCUT2D eigenvalue weighted by Crippen LogP contribution is -2.06. The quantitative estimate of drug-likeness (QED) is 0.817. The molecule has 0 aliphatic rings. The van der Waals surface area contributed by atoms with Crippen molar-refractivity contribution in [3.05, 3.63) is 46.9 Å². The van der Waals surface area contributed by atoms with E-state index < -0.39 is 0 Å². The molecule has 0 unspecified atom stereocenters. The number of aryl methyl sites for hydroxylation is 1. The zero-order valence-electron chi connectivity index (χ0n) is 9.66. The molecule has 1 heterocycles. The summed E-state index contributed by atoms with van der Waals surface area (Å²) in [6.07, 6.45) is 0.819. The summed E-state index contributed by atoms with van der Waals surface area (Å²) in [5.41, 5.74) is 7.39. The Labute approximate surface area is 106 Å². The van der Waals surface area contributed by atoms with Gasteiger partial charge in [0.2, 0.25) is 0 Å². The molecule has 0 saturated carbocycles. The van der Waals surface area contributed by atoms with Crippen LogP contribution in [-0.2, 0) is 6.42 Å². The highest BCUT2D eigenvalue weighted by Crippen LogP contribution is 2.22. The van der Waals surface area contributed by atoms with Gasteiger partial charge in [-0.2, -0.15) is 0 Å². The number of halogens is 1. The predicted octanol–water partition coefficient (Wildman–Crippen LogP) is 3.48. The molecule has 17 heavy (non-hydrogen) atoms. The number of nitrogens with two attached hydrogens (primary N) is 1. The Morgan fingerprint density at radius 2 is 2.12 bits per heavy atom. The molecule has 4 heteroatoms. The second-order valence-electron chi connectivity index (χ2n) is 3.92. The molecule has 0 saturated heterocycles. The van der Waals surface area contributed by atoms with Crippen LogP contribution in [0.5, 0.6) is 0 Å². The van der Waals surface area contributed by atoms with E-state index in [0.717, 1.165) is 30.2 Å². The van der Waals surface area contributed by atoms with E-state index in [0.29, 0.717) is 10.7 Å². The number of nitrogens with one attached hydrogen (secondary N) is 1. The van der Waals surface area contributed by atoms with Crippen molar-refractivity contribution < 1.29 is 4.42 Å². The number of rotatable bonds is 4. The van der Waals surface area contributed by atoms with Gasteiger partial charge in [0.1, 0.15) is 11.5 Å². The maximum absolute atomic E-state index is 5.90. The van der Waals surface area contributed by atoms with Gasteiger partial charge in [0, 0.05) is 18.0 Å². The Bertz CT molecular complexity index is 508. The maximum atomic E-state index is 5.90. The van der Waals surface area contributed by atoms with Gasteiger partial charge >= 0.3 is 0 Å². The molecule has 0 aliphatic carbocycles. The number of anilines is 2. The van der Waals surface area contributed by atoms with Crippen LogP contribution in [0.3, 0.4) is 0 Å². The number of nitrogen functional groups attached to an aromatic ring is 1. The van der Waals surface area contributed by atoms with E-state index >= 15 is 0 Å². The van der Waals surface area contributed by atoms with Crippen LogP contribution in [0, 0.1) is 6.92 Å². The molecular weight excluding hydrogens is 236 g/mol. The fourth-order valence-corrected chi connectivity index (χ4v) is 1.79. The summed E-state index contributed by atoms with van der Waals surface area (Å²) in [7, 11) is 0. The molecule has 0 atom stereocenters. The lowest BCUT2D eigenvalue weighted by molar-refractivity contribution is 0.486. The van der Waals surface area contributed by atoms with Crippen molar-refractivity contribution in [1.82, 2.24) is 0 Å². The van der Waals surface area contributed by atoms with Gasteiger partial charge in [-0.25, -0.2) is 0 Å². The van der Waals surface area contributed by atoms with Crippen molar-refractivity contribution in [2.45, 2.75) is 13.3 Å². The maximum Gasteiger partial charge on any atom is 0.105 e. The molecule has 0 amide bonds. The first-order valence-corrected chi connectivity index (χ1v) is 5.87. The van der Waals surface area contributed by atoms with Gasteiger partial charge in [0.25, 0.3) is 0 Å². The molecular formula is C13H15ClN2O. The van der Waals surface area contributed by atoms with E-state index in [9.17, 15) is 0 Å². The van der Waals surface area contributed by atoms with Crippen molar-refractivity contribution in [1.29, 1.82) is 0 Å². The second-order valence-corrected chi connectivity index (χ2v) is 4.36. The van der Waals surface area contributed by atoms with E-state index in [1.165, 1.54) is 0 Å². The number of furan rings is 1. The van der Waals surface area contributed by atoms with E-state index in [1.807, 2.05) is 25.1 Å². The Kier molecular flexibility index (Phi) is 3.59. The largest absolute Gasteiger partial charge is 0.466 e. The van der Waals surface area contributed by atoms with E-state index in [-0.39, 0.29) is 0 Å².